The second-order valence-electron chi connectivity index (χ2n) is 11.4. The van der Waals surface area contributed by atoms with Crippen LogP contribution < -0.4 is 10.1 Å². The van der Waals surface area contributed by atoms with Gasteiger partial charge < -0.3 is 14.8 Å². The van der Waals surface area contributed by atoms with Crippen LogP contribution in [0.15, 0.2) is 54.9 Å². The second kappa shape index (κ2) is 12.5. The molecule has 0 saturated carbocycles. The minimum atomic E-state index is -0.719. The molecule has 0 spiro atoms. The average Bonchev–Trinajstić information content (AvgIpc) is 3.38. The van der Waals surface area contributed by atoms with Gasteiger partial charge in [-0.2, -0.15) is 5.10 Å². The van der Waals surface area contributed by atoms with Gasteiger partial charge in [-0.1, -0.05) is 50.1 Å². The van der Waals surface area contributed by atoms with Gasteiger partial charge in [-0.15, -0.1) is 0 Å². The van der Waals surface area contributed by atoms with Crippen LogP contribution in [0.1, 0.15) is 43.5 Å². The number of pyridine rings is 1. The summed E-state index contributed by atoms with van der Waals surface area (Å²) >= 11 is 6.45. The summed E-state index contributed by atoms with van der Waals surface area (Å²) in [5.41, 5.74) is 3.91. The summed E-state index contributed by atoms with van der Waals surface area (Å²) in [7, 11) is 1.53. The predicted octanol–water partition coefficient (Wildman–Crippen LogP) is 7.54. The van der Waals surface area contributed by atoms with Gasteiger partial charge in [0.25, 0.3) is 0 Å². The minimum Gasteiger partial charge on any atom is -0.491 e. The van der Waals surface area contributed by atoms with E-state index in [-0.39, 0.29) is 29.9 Å². The maximum Gasteiger partial charge on any atom is 0.182 e. The van der Waals surface area contributed by atoms with Crippen molar-refractivity contribution >= 4 is 34.0 Å². The van der Waals surface area contributed by atoms with E-state index in [2.05, 4.69) is 24.1 Å². The van der Waals surface area contributed by atoms with Gasteiger partial charge in [0.05, 0.1) is 35.1 Å². The van der Waals surface area contributed by atoms with Gasteiger partial charge in [-0.3, -0.25) is 9.67 Å². The number of aromatic nitrogens is 5. The average molecular weight is 619 g/mol. The Labute approximate surface area is 259 Å². The smallest absolute Gasteiger partial charge is 0.182 e. The Morgan fingerprint density at radius 1 is 1.09 bits per heavy atom. The number of rotatable bonds is 10. The minimum absolute atomic E-state index is 0.0997. The number of fused-ring (bicyclic) bond motifs is 2. The van der Waals surface area contributed by atoms with E-state index in [0.717, 1.165) is 42.3 Å². The van der Waals surface area contributed by atoms with Crippen molar-refractivity contribution in [3.8, 4) is 17.3 Å². The predicted molar refractivity (Wildman–Crippen MR) is 167 cm³/mol. The third kappa shape index (κ3) is 5.96. The number of ether oxygens (including phenoxy) is 2. The summed E-state index contributed by atoms with van der Waals surface area (Å²) in [6.45, 7) is 4.85. The zero-order chi connectivity index (χ0) is 30.8. The molecular formula is C33H33ClF2N6O2. The van der Waals surface area contributed by atoms with Crippen LogP contribution in [0.25, 0.3) is 22.4 Å². The lowest BCUT2D eigenvalue weighted by Gasteiger charge is -2.34. The molecular weight excluding hydrogens is 586 g/mol. The van der Waals surface area contributed by atoms with Crippen LogP contribution in [0.2, 0.25) is 5.02 Å². The summed E-state index contributed by atoms with van der Waals surface area (Å²) in [6, 6.07) is 11.7. The number of methoxy groups -OCH3 is 1. The van der Waals surface area contributed by atoms with Gasteiger partial charge in [0.1, 0.15) is 35.5 Å². The monoisotopic (exact) mass is 618 g/mol. The van der Waals surface area contributed by atoms with Crippen molar-refractivity contribution in [2.45, 2.75) is 46.1 Å². The molecule has 2 aromatic carbocycles. The standard InChI is InChI=1S/C33H33ClF2N6O2/c1-4-33(2)11-9-21-28(17-33)39-32(40-31(21)38-27-10-12-37-18-24(27)34)30-22-7-5-6-8-29(22)42(41-30)19-23-25(35)15-20(16-26(23)36)44-14-13-43-3/h5-8,10,12,15-16,18H,4,9,11,13-14,17,19H2,1-3H3,(H,37,38,39,40). The second-order valence-corrected chi connectivity index (χ2v) is 11.8. The molecule has 8 nitrogen and oxygen atoms in total. The summed E-state index contributed by atoms with van der Waals surface area (Å²) in [5.74, 6) is -0.250. The van der Waals surface area contributed by atoms with E-state index in [9.17, 15) is 0 Å². The summed E-state index contributed by atoms with van der Waals surface area (Å²) in [4.78, 5) is 14.1. The Bertz CT molecular complexity index is 1810. The highest BCUT2D eigenvalue weighted by Crippen LogP contribution is 2.41. The van der Waals surface area contributed by atoms with Crippen molar-refractivity contribution in [2.75, 3.05) is 25.6 Å². The molecule has 0 bridgehead atoms. The molecule has 11 heteroatoms. The summed E-state index contributed by atoms with van der Waals surface area (Å²) < 4.78 is 42.3. The van der Waals surface area contributed by atoms with Gasteiger partial charge in [-0.05, 0) is 36.8 Å². The molecule has 1 unspecified atom stereocenters. The first-order valence-electron chi connectivity index (χ1n) is 14.6. The number of nitrogens with one attached hydrogen (secondary N) is 1. The molecule has 1 atom stereocenters. The Morgan fingerprint density at radius 3 is 2.64 bits per heavy atom. The van der Waals surface area contributed by atoms with Gasteiger partial charge in [0, 0.05) is 48.1 Å². The highest BCUT2D eigenvalue weighted by molar-refractivity contribution is 6.33. The molecule has 0 radical (unpaired) electrons. The summed E-state index contributed by atoms with van der Waals surface area (Å²) in [6.07, 6.45) is 6.91. The van der Waals surface area contributed by atoms with Crippen LogP contribution >= 0.6 is 11.6 Å². The van der Waals surface area contributed by atoms with E-state index in [1.807, 2.05) is 24.3 Å². The van der Waals surface area contributed by atoms with Gasteiger partial charge >= 0.3 is 0 Å². The Morgan fingerprint density at radius 2 is 1.89 bits per heavy atom. The highest BCUT2D eigenvalue weighted by atomic mass is 35.5. The highest BCUT2D eigenvalue weighted by Gasteiger charge is 2.32. The molecule has 3 aromatic heterocycles. The normalized spacial score (nSPS) is 16.2. The van der Waals surface area contributed by atoms with E-state index in [4.69, 9.17) is 36.1 Å². The van der Waals surface area contributed by atoms with E-state index in [0.29, 0.717) is 40.2 Å². The van der Waals surface area contributed by atoms with Crippen LogP contribution in [-0.2, 0) is 24.1 Å². The van der Waals surface area contributed by atoms with Crippen LogP contribution in [0.4, 0.5) is 20.3 Å². The fourth-order valence-electron chi connectivity index (χ4n) is 5.59. The Kier molecular flexibility index (Phi) is 8.46. The molecule has 0 saturated heterocycles. The number of nitrogens with zero attached hydrogens (tertiary/aromatic N) is 5. The van der Waals surface area contributed by atoms with Crippen molar-refractivity contribution in [3.63, 3.8) is 0 Å². The Balaban J connectivity index is 1.43. The molecule has 1 N–H and O–H groups in total. The third-order valence-corrected chi connectivity index (χ3v) is 8.69. The van der Waals surface area contributed by atoms with Crippen LogP contribution in [0, 0.1) is 17.0 Å². The first-order chi connectivity index (χ1) is 21.3. The largest absolute Gasteiger partial charge is 0.491 e. The van der Waals surface area contributed by atoms with E-state index in [1.165, 1.54) is 19.2 Å². The zero-order valence-corrected chi connectivity index (χ0v) is 25.6. The number of halogens is 3. The van der Waals surface area contributed by atoms with E-state index < -0.39 is 11.6 Å². The lowest BCUT2D eigenvalue weighted by Crippen LogP contribution is -2.27. The maximum absolute atomic E-state index is 15.2. The van der Waals surface area contributed by atoms with E-state index >= 15 is 8.78 Å². The maximum atomic E-state index is 15.2. The quantitative estimate of drug-likeness (QED) is 0.162. The van der Waals surface area contributed by atoms with Crippen molar-refractivity contribution in [2.24, 2.45) is 5.41 Å². The number of benzene rings is 2. The van der Waals surface area contributed by atoms with Crippen molar-refractivity contribution in [1.82, 2.24) is 24.7 Å². The third-order valence-electron chi connectivity index (χ3n) is 8.39. The molecule has 1 aliphatic rings. The molecule has 44 heavy (non-hydrogen) atoms. The van der Waals surface area contributed by atoms with Crippen molar-refractivity contribution in [1.29, 1.82) is 0 Å². The van der Waals surface area contributed by atoms with E-state index in [1.54, 1.807) is 23.1 Å². The van der Waals surface area contributed by atoms with Gasteiger partial charge in [-0.25, -0.2) is 18.7 Å². The molecule has 5 aromatic rings. The molecule has 3 heterocycles. The zero-order valence-electron chi connectivity index (χ0n) is 24.8. The van der Waals surface area contributed by atoms with Gasteiger partial charge in [0.15, 0.2) is 5.82 Å². The SMILES string of the molecule is CCC1(C)CCc2c(nc(-c3nn(Cc4c(F)cc(OCCOC)cc4F)c4ccccc34)nc2Nc2ccncc2Cl)C1. The molecule has 0 aliphatic heterocycles. The van der Waals surface area contributed by atoms with Crippen molar-refractivity contribution in [3.05, 3.63) is 88.3 Å². The molecule has 0 fully saturated rings. The molecule has 228 valence electrons. The topological polar surface area (TPSA) is 87.0 Å². The number of hydrogen-bond acceptors (Lipinski definition) is 7. The van der Waals surface area contributed by atoms with Crippen LogP contribution in [0.5, 0.6) is 5.75 Å². The van der Waals surface area contributed by atoms with Crippen LogP contribution in [-0.4, -0.2) is 45.1 Å². The van der Waals surface area contributed by atoms with Crippen molar-refractivity contribution < 1.29 is 18.3 Å². The van der Waals surface area contributed by atoms with Gasteiger partial charge in [0.2, 0.25) is 0 Å². The molecule has 1 aliphatic carbocycles. The lowest BCUT2D eigenvalue weighted by molar-refractivity contribution is 0.146. The van der Waals surface area contributed by atoms with Crippen LogP contribution in [0.3, 0.4) is 0 Å². The number of anilines is 2. The number of para-hydroxylation sites is 1. The first kappa shape index (κ1) is 29.9. The first-order valence-corrected chi connectivity index (χ1v) is 15.0. The Hall–Kier alpha value is -4.15. The fraction of sp³-hybridized carbons (Fsp3) is 0.333. The lowest BCUT2D eigenvalue weighted by atomic mass is 9.73. The summed E-state index contributed by atoms with van der Waals surface area (Å²) in [5, 5.41) is 9.50. The fourth-order valence-corrected chi connectivity index (χ4v) is 5.76. The molecule has 6 rings (SSSR count). The number of hydrogen-bond donors (Lipinski definition) is 1. The molecule has 0 amide bonds.